The van der Waals surface area contributed by atoms with Crippen molar-refractivity contribution in [2.45, 2.75) is 76.8 Å². The van der Waals surface area contributed by atoms with Crippen LogP contribution in [0, 0.1) is 36.3 Å². The summed E-state index contributed by atoms with van der Waals surface area (Å²) in [6.45, 7) is 2.78. The summed E-state index contributed by atoms with van der Waals surface area (Å²) in [6, 6.07) is 11.1. The number of halogens is 2. The van der Waals surface area contributed by atoms with E-state index >= 15 is 0 Å². The fourth-order valence-corrected chi connectivity index (χ4v) is 9.81. The van der Waals surface area contributed by atoms with E-state index in [-0.39, 0.29) is 66.9 Å². The predicted molar refractivity (Wildman–Crippen MR) is 239 cm³/mol. The number of likely N-dealkylation sites (tertiary alicyclic amines) is 1. The van der Waals surface area contributed by atoms with E-state index in [4.69, 9.17) is 33.5 Å². The van der Waals surface area contributed by atoms with Gasteiger partial charge in [0, 0.05) is 36.9 Å². The van der Waals surface area contributed by atoms with Crippen molar-refractivity contribution in [3.8, 4) is 45.8 Å². The number of carbonyl (C=O) groups is 3. The Hall–Kier alpha value is -6.98. The molecule has 3 amide bonds. The van der Waals surface area contributed by atoms with Crippen LogP contribution in [-0.2, 0) is 16.0 Å². The molecule has 67 heavy (non-hydrogen) atoms. The molecule has 350 valence electrons. The molecule has 2 aliphatic carbocycles. The molecule has 10 rings (SSSR count). The van der Waals surface area contributed by atoms with Gasteiger partial charge in [0.1, 0.15) is 29.3 Å². The molecule has 16 nitrogen and oxygen atoms in total. The van der Waals surface area contributed by atoms with E-state index in [0.717, 1.165) is 61.9 Å². The number of aromatic nitrogens is 3. The number of methoxy groups -OCH3 is 2. The van der Waals surface area contributed by atoms with Crippen molar-refractivity contribution in [1.29, 1.82) is 0 Å². The van der Waals surface area contributed by atoms with Crippen LogP contribution in [-0.4, -0.2) is 101 Å². The van der Waals surface area contributed by atoms with Gasteiger partial charge >= 0.3 is 6.09 Å². The third kappa shape index (κ3) is 8.64. The molecular weight excluding hydrogens is 869 g/mol. The van der Waals surface area contributed by atoms with Gasteiger partial charge in [-0.05, 0) is 99.4 Å². The van der Waals surface area contributed by atoms with E-state index in [1.165, 1.54) is 12.4 Å². The minimum atomic E-state index is -1.24. The third-order valence-electron chi connectivity index (χ3n) is 13.5. The van der Waals surface area contributed by atoms with E-state index in [2.05, 4.69) is 20.3 Å². The Morgan fingerprint density at radius 3 is 2.43 bits per heavy atom. The zero-order valence-corrected chi connectivity index (χ0v) is 37.4. The second-order valence-electron chi connectivity index (χ2n) is 17.8. The Morgan fingerprint density at radius 2 is 1.67 bits per heavy atom. The van der Waals surface area contributed by atoms with Crippen LogP contribution in [0.25, 0.3) is 22.3 Å². The van der Waals surface area contributed by atoms with Crippen LogP contribution in [0.4, 0.5) is 13.6 Å². The number of hydrazone groups is 1. The fourth-order valence-electron chi connectivity index (χ4n) is 9.81. The molecule has 5 aliphatic rings. The SMILES string of the molecule is COc1ccc(C2=NN(C3CCN(C(=O)[C@@H](Cc4ccc(F)c(F)c4)NC(=O)Oc4c(C)[nH]c5c(-c6c(OCC7CC7)ccc7c6OCO7)ncnc45)CC3)C(=O)[C@@H]3CCCC[C@H]23)cc1OC. The zero-order valence-electron chi connectivity index (χ0n) is 37.4. The highest BCUT2D eigenvalue weighted by molar-refractivity contribution is 6.07. The highest BCUT2D eigenvalue weighted by Crippen LogP contribution is 2.49. The van der Waals surface area contributed by atoms with Gasteiger partial charge in [-0.2, -0.15) is 5.10 Å². The van der Waals surface area contributed by atoms with Crippen molar-refractivity contribution < 1.29 is 51.6 Å². The second kappa shape index (κ2) is 18.4. The van der Waals surface area contributed by atoms with Gasteiger partial charge in [-0.25, -0.2) is 28.6 Å². The molecule has 3 aromatic carbocycles. The molecule has 0 radical (unpaired) electrons. The van der Waals surface area contributed by atoms with Gasteiger partial charge in [0.25, 0.3) is 0 Å². The number of amides is 3. The van der Waals surface area contributed by atoms with E-state index in [1.807, 2.05) is 24.3 Å². The number of ether oxygens (including phenoxy) is 6. The summed E-state index contributed by atoms with van der Waals surface area (Å²) in [5.41, 5.74) is 4.18. The number of rotatable bonds is 13. The number of aryl methyl sites for hydroxylation is 1. The Bertz CT molecular complexity index is 2770. The summed E-state index contributed by atoms with van der Waals surface area (Å²) in [5, 5.41) is 9.38. The van der Waals surface area contributed by atoms with Crippen molar-refractivity contribution in [3.63, 3.8) is 0 Å². The lowest BCUT2D eigenvalue weighted by atomic mass is 9.73. The van der Waals surface area contributed by atoms with E-state index in [0.29, 0.717) is 76.6 Å². The van der Waals surface area contributed by atoms with Gasteiger partial charge in [-0.15, -0.1) is 0 Å². The lowest BCUT2D eigenvalue weighted by molar-refractivity contribution is -0.143. The molecule has 5 aromatic rings. The number of benzene rings is 3. The number of fused-ring (bicyclic) bond motifs is 3. The van der Waals surface area contributed by atoms with Crippen LogP contribution in [0.1, 0.15) is 68.2 Å². The van der Waals surface area contributed by atoms with Crippen LogP contribution in [0.3, 0.4) is 0 Å². The van der Waals surface area contributed by atoms with Crippen molar-refractivity contribution in [2.24, 2.45) is 22.9 Å². The largest absolute Gasteiger partial charge is 0.493 e. The number of aromatic amines is 1. The smallest absolute Gasteiger partial charge is 0.413 e. The molecule has 0 unspecified atom stereocenters. The Kier molecular flexibility index (Phi) is 12.0. The Balaban J connectivity index is 0.883. The quantitative estimate of drug-likeness (QED) is 0.120. The van der Waals surface area contributed by atoms with Crippen molar-refractivity contribution >= 4 is 34.7 Å². The first-order valence-corrected chi connectivity index (χ1v) is 22.8. The molecular formula is C49H51F2N7O9. The maximum atomic E-state index is 14.5. The number of hydrogen-bond acceptors (Lipinski definition) is 12. The lowest BCUT2D eigenvalue weighted by Gasteiger charge is -2.43. The van der Waals surface area contributed by atoms with Crippen LogP contribution < -0.4 is 33.7 Å². The molecule has 3 atom stereocenters. The average molecular weight is 920 g/mol. The average Bonchev–Trinajstić information content (AvgIpc) is 3.96. The van der Waals surface area contributed by atoms with Crippen LogP contribution in [0.2, 0.25) is 0 Å². The molecule has 2 aromatic heterocycles. The van der Waals surface area contributed by atoms with Crippen LogP contribution in [0.5, 0.6) is 34.5 Å². The van der Waals surface area contributed by atoms with Crippen molar-refractivity contribution in [2.75, 3.05) is 40.7 Å². The second-order valence-corrected chi connectivity index (χ2v) is 17.8. The molecule has 0 spiro atoms. The fraction of sp³-hybridized carbons (Fsp3) is 0.429. The molecule has 18 heteroatoms. The summed E-state index contributed by atoms with van der Waals surface area (Å²) < 4.78 is 63.4. The highest BCUT2D eigenvalue weighted by atomic mass is 19.2. The summed E-state index contributed by atoms with van der Waals surface area (Å²) >= 11 is 0. The van der Waals surface area contributed by atoms with Gasteiger partial charge in [0.2, 0.25) is 18.6 Å². The van der Waals surface area contributed by atoms with E-state index < -0.39 is 29.7 Å². The minimum absolute atomic E-state index is 0.0123. The highest BCUT2D eigenvalue weighted by Gasteiger charge is 2.44. The number of carbonyl (C=O) groups excluding carboxylic acids is 3. The normalized spacial score (nSPS) is 19.7. The molecule has 3 aliphatic heterocycles. The first-order valence-electron chi connectivity index (χ1n) is 22.8. The zero-order chi connectivity index (χ0) is 46.3. The summed E-state index contributed by atoms with van der Waals surface area (Å²) in [4.78, 5) is 56.5. The number of piperidine rings is 1. The van der Waals surface area contributed by atoms with Crippen molar-refractivity contribution in [1.82, 2.24) is 30.2 Å². The van der Waals surface area contributed by atoms with Crippen LogP contribution >= 0.6 is 0 Å². The number of nitrogens with one attached hydrogen (secondary N) is 2. The minimum Gasteiger partial charge on any atom is -0.493 e. The van der Waals surface area contributed by atoms with E-state index in [1.54, 1.807) is 37.1 Å². The first kappa shape index (κ1) is 43.9. The van der Waals surface area contributed by atoms with E-state index in [9.17, 15) is 23.2 Å². The molecule has 1 saturated heterocycles. The van der Waals surface area contributed by atoms with Gasteiger partial charge in [0.05, 0.1) is 49.4 Å². The third-order valence-corrected chi connectivity index (χ3v) is 13.5. The molecule has 3 fully saturated rings. The summed E-state index contributed by atoms with van der Waals surface area (Å²) in [6.07, 6.45) is 6.83. The summed E-state index contributed by atoms with van der Waals surface area (Å²) in [7, 11) is 3.16. The number of nitrogens with zero attached hydrogens (tertiary/aromatic N) is 5. The van der Waals surface area contributed by atoms with Crippen molar-refractivity contribution in [3.05, 3.63) is 83.3 Å². The molecule has 0 bridgehead atoms. The summed E-state index contributed by atoms with van der Waals surface area (Å²) in [5.74, 6) is 0.470. The van der Waals surface area contributed by atoms with Gasteiger partial charge in [-0.1, -0.05) is 18.9 Å². The molecule has 5 heterocycles. The van der Waals surface area contributed by atoms with Gasteiger partial charge in [-0.3, -0.25) is 9.59 Å². The van der Waals surface area contributed by atoms with Crippen LogP contribution in [0.15, 0.2) is 60.0 Å². The molecule has 2 saturated carbocycles. The number of H-pyrrole nitrogens is 1. The standard InChI is InChI=1S/C49H51F2N7O9/c1-26-45(44-43(54-26)42(52-24-53-44)40-37(64-23-27-8-9-27)14-15-38-46(40)66-25-65-38)67-49(61)55-35(21-28-10-12-33(50)34(51)20-28)48(60)57-18-16-30(17-19-57)58-47(59)32-7-5-4-6-31(32)41(56-58)29-11-13-36(62-2)39(22-29)63-3/h10-15,20,22,24,27,30-32,35,54H,4-9,16-19,21,23,25H2,1-3H3,(H,55,61)/t31-,32+,35+/m0/s1. The predicted octanol–water partition coefficient (Wildman–Crippen LogP) is 7.49. The Labute approximate surface area is 384 Å². The Morgan fingerprint density at radius 1 is 0.896 bits per heavy atom. The topological polar surface area (TPSA) is 179 Å². The molecule has 2 N–H and O–H groups in total. The number of hydrogen-bond donors (Lipinski definition) is 2. The van der Waals surface area contributed by atoms with Gasteiger partial charge < -0.3 is 43.6 Å². The van der Waals surface area contributed by atoms with Gasteiger partial charge in [0.15, 0.2) is 40.4 Å². The monoisotopic (exact) mass is 919 g/mol. The lowest BCUT2D eigenvalue weighted by Crippen LogP contribution is -2.56. The maximum Gasteiger partial charge on any atom is 0.413 e. The maximum absolute atomic E-state index is 14.5. The first-order chi connectivity index (χ1) is 32.6.